The molecule has 0 spiro atoms. The highest BCUT2D eigenvalue weighted by atomic mass is 16.5. The number of piperidine rings is 1. The number of hydrogen-bond acceptors (Lipinski definition) is 3. The van der Waals surface area contributed by atoms with Crippen molar-refractivity contribution in [3.8, 4) is 0 Å². The summed E-state index contributed by atoms with van der Waals surface area (Å²) in [5.41, 5.74) is 0. The number of nitrogens with zero attached hydrogens (tertiary/aromatic N) is 2. The molecule has 2 aliphatic rings. The smallest absolute Gasteiger partial charge is 0.0489 e. The first-order valence-corrected chi connectivity index (χ1v) is 8.76. The Labute approximate surface area is 125 Å². The van der Waals surface area contributed by atoms with Gasteiger partial charge in [-0.1, -0.05) is 27.2 Å². The van der Waals surface area contributed by atoms with E-state index in [0.29, 0.717) is 5.92 Å². The van der Waals surface area contributed by atoms with Gasteiger partial charge in [-0.25, -0.2) is 0 Å². The molecule has 0 aromatic carbocycles. The third kappa shape index (κ3) is 4.71. The second kappa shape index (κ2) is 8.35. The molecule has 0 N–H and O–H groups in total. The second-order valence-corrected chi connectivity index (χ2v) is 7.02. The molecule has 2 unspecified atom stereocenters. The van der Waals surface area contributed by atoms with Gasteiger partial charge >= 0.3 is 0 Å². The molecule has 0 aromatic rings. The Morgan fingerprint density at radius 2 is 2.05 bits per heavy atom. The molecular formula is C17H34N2O. The van der Waals surface area contributed by atoms with Gasteiger partial charge in [0.25, 0.3) is 0 Å². The summed E-state index contributed by atoms with van der Waals surface area (Å²) in [6.45, 7) is 13.8. The van der Waals surface area contributed by atoms with Crippen molar-refractivity contribution in [3.63, 3.8) is 0 Å². The Morgan fingerprint density at radius 3 is 2.80 bits per heavy atom. The third-order valence-electron chi connectivity index (χ3n) is 4.81. The second-order valence-electron chi connectivity index (χ2n) is 7.02. The van der Waals surface area contributed by atoms with Crippen LogP contribution in [0.25, 0.3) is 0 Å². The van der Waals surface area contributed by atoms with E-state index in [0.717, 1.165) is 25.3 Å². The van der Waals surface area contributed by atoms with Gasteiger partial charge in [-0.15, -0.1) is 0 Å². The molecule has 0 amide bonds. The minimum atomic E-state index is 0.657. The fraction of sp³-hybridized carbons (Fsp3) is 1.00. The number of piperazine rings is 1. The average molecular weight is 282 g/mol. The standard InChI is InChI=1S/C17H34N2O/c1-4-16-12-19-9-6-5-8-17(19)13-18(16)10-7-11-20-14-15(2)3/h15-17H,4-14H2,1-3H3. The highest BCUT2D eigenvalue weighted by Gasteiger charge is 2.33. The number of ether oxygens (including phenoxy) is 1. The quantitative estimate of drug-likeness (QED) is 0.668. The molecule has 0 aliphatic carbocycles. The molecule has 3 heteroatoms. The van der Waals surface area contributed by atoms with E-state index < -0.39 is 0 Å². The van der Waals surface area contributed by atoms with Crippen molar-refractivity contribution in [2.75, 3.05) is 39.4 Å². The van der Waals surface area contributed by atoms with Gasteiger partial charge in [0.05, 0.1) is 0 Å². The lowest BCUT2D eigenvalue weighted by Crippen LogP contribution is -2.59. The number of hydrogen-bond donors (Lipinski definition) is 0. The molecule has 2 fully saturated rings. The zero-order valence-electron chi connectivity index (χ0n) is 13.8. The third-order valence-corrected chi connectivity index (χ3v) is 4.81. The maximum absolute atomic E-state index is 5.72. The SMILES string of the molecule is CCC1CN2CCCCC2CN1CCCOCC(C)C. The van der Waals surface area contributed by atoms with Gasteiger partial charge in [0.2, 0.25) is 0 Å². The monoisotopic (exact) mass is 282 g/mol. The molecule has 0 radical (unpaired) electrons. The van der Waals surface area contributed by atoms with Crippen LogP contribution in [0, 0.1) is 5.92 Å². The van der Waals surface area contributed by atoms with Crippen LogP contribution in [0.5, 0.6) is 0 Å². The lowest BCUT2D eigenvalue weighted by atomic mass is 9.95. The largest absolute Gasteiger partial charge is 0.381 e. The number of rotatable bonds is 7. The van der Waals surface area contributed by atoms with Gasteiger partial charge in [-0.3, -0.25) is 9.80 Å². The Hall–Kier alpha value is -0.120. The first-order valence-electron chi connectivity index (χ1n) is 8.76. The van der Waals surface area contributed by atoms with E-state index in [2.05, 4.69) is 30.6 Å². The first-order chi connectivity index (χ1) is 9.70. The van der Waals surface area contributed by atoms with Crippen LogP contribution in [0.15, 0.2) is 0 Å². The van der Waals surface area contributed by atoms with Crippen molar-refractivity contribution in [2.45, 2.75) is 65.0 Å². The molecule has 2 rings (SSSR count). The van der Waals surface area contributed by atoms with Crippen molar-refractivity contribution in [2.24, 2.45) is 5.92 Å². The van der Waals surface area contributed by atoms with Gasteiger partial charge in [0, 0.05) is 44.9 Å². The van der Waals surface area contributed by atoms with E-state index >= 15 is 0 Å². The zero-order valence-corrected chi connectivity index (χ0v) is 13.8. The normalized spacial score (nSPS) is 28.8. The zero-order chi connectivity index (χ0) is 14.4. The van der Waals surface area contributed by atoms with Crippen molar-refractivity contribution in [3.05, 3.63) is 0 Å². The average Bonchev–Trinajstić information content (AvgIpc) is 2.45. The molecule has 0 bridgehead atoms. The molecule has 0 saturated carbocycles. The van der Waals surface area contributed by atoms with Gasteiger partial charge in [0.1, 0.15) is 0 Å². The van der Waals surface area contributed by atoms with E-state index in [1.165, 1.54) is 58.3 Å². The van der Waals surface area contributed by atoms with E-state index in [1.807, 2.05) is 0 Å². The van der Waals surface area contributed by atoms with Crippen LogP contribution in [0.4, 0.5) is 0 Å². The maximum atomic E-state index is 5.72. The van der Waals surface area contributed by atoms with Crippen molar-refractivity contribution in [1.82, 2.24) is 9.80 Å². The minimum absolute atomic E-state index is 0.657. The highest BCUT2D eigenvalue weighted by Crippen LogP contribution is 2.25. The van der Waals surface area contributed by atoms with Crippen LogP contribution >= 0.6 is 0 Å². The molecule has 2 heterocycles. The molecule has 0 aromatic heterocycles. The van der Waals surface area contributed by atoms with Crippen molar-refractivity contribution in [1.29, 1.82) is 0 Å². The van der Waals surface area contributed by atoms with Crippen LogP contribution in [-0.4, -0.2) is 61.3 Å². The van der Waals surface area contributed by atoms with E-state index in [9.17, 15) is 0 Å². The van der Waals surface area contributed by atoms with Crippen LogP contribution < -0.4 is 0 Å². The summed E-state index contributed by atoms with van der Waals surface area (Å²) < 4.78 is 5.72. The fourth-order valence-corrected chi connectivity index (χ4v) is 3.66. The molecule has 2 saturated heterocycles. The van der Waals surface area contributed by atoms with Gasteiger partial charge in [-0.2, -0.15) is 0 Å². The molecular weight excluding hydrogens is 248 g/mol. The van der Waals surface area contributed by atoms with E-state index in [4.69, 9.17) is 4.74 Å². The first kappa shape index (κ1) is 16.3. The lowest BCUT2D eigenvalue weighted by molar-refractivity contribution is 0.00202. The predicted molar refractivity (Wildman–Crippen MR) is 85.1 cm³/mol. The van der Waals surface area contributed by atoms with Gasteiger partial charge < -0.3 is 4.74 Å². The molecule has 2 atom stereocenters. The van der Waals surface area contributed by atoms with E-state index in [-0.39, 0.29) is 0 Å². The predicted octanol–water partition coefficient (Wildman–Crippen LogP) is 3.00. The number of fused-ring (bicyclic) bond motifs is 1. The fourth-order valence-electron chi connectivity index (χ4n) is 3.66. The molecule has 3 nitrogen and oxygen atoms in total. The van der Waals surface area contributed by atoms with Crippen molar-refractivity contribution < 1.29 is 4.74 Å². The minimum Gasteiger partial charge on any atom is -0.381 e. The highest BCUT2D eigenvalue weighted by molar-refractivity contribution is 4.90. The Bertz CT molecular complexity index is 270. The van der Waals surface area contributed by atoms with Crippen molar-refractivity contribution >= 4 is 0 Å². The lowest BCUT2D eigenvalue weighted by Gasteiger charge is -2.48. The maximum Gasteiger partial charge on any atom is 0.0489 e. The van der Waals surface area contributed by atoms with Crippen LogP contribution in [0.1, 0.15) is 52.9 Å². The molecule has 2 aliphatic heterocycles. The Balaban J connectivity index is 1.71. The van der Waals surface area contributed by atoms with Crippen LogP contribution in [0.2, 0.25) is 0 Å². The van der Waals surface area contributed by atoms with Crippen LogP contribution in [0.3, 0.4) is 0 Å². The summed E-state index contributed by atoms with van der Waals surface area (Å²) in [6.07, 6.45) is 6.74. The summed E-state index contributed by atoms with van der Waals surface area (Å²) >= 11 is 0. The van der Waals surface area contributed by atoms with E-state index in [1.54, 1.807) is 0 Å². The summed E-state index contributed by atoms with van der Waals surface area (Å²) in [4.78, 5) is 5.49. The summed E-state index contributed by atoms with van der Waals surface area (Å²) in [5.74, 6) is 0.657. The Morgan fingerprint density at radius 1 is 1.20 bits per heavy atom. The van der Waals surface area contributed by atoms with Gasteiger partial charge in [-0.05, 0) is 38.1 Å². The summed E-state index contributed by atoms with van der Waals surface area (Å²) in [6, 6.07) is 1.61. The van der Waals surface area contributed by atoms with Crippen LogP contribution in [-0.2, 0) is 4.74 Å². The summed E-state index contributed by atoms with van der Waals surface area (Å²) in [7, 11) is 0. The molecule has 20 heavy (non-hydrogen) atoms. The molecule has 118 valence electrons. The van der Waals surface area contributed by atoms with Gasteiger partial charge in [0.15, 0.2) is 0 Å². The topological polar surface area (TPSA) is 15.7 Å². The summed E-state index contributed by atoms with van der Waals surface area (Å²) in [5, 5.41) is 0. The Kier molecular flexibility index (Phi) is 6.79.